The molecule has 96 valence electrons. The molecule has 0 aliphatic carbocycles. The highest BCUT2D eigenvalue weighted by Gasteiger charge is 2.02. The first-order valence-electron chi connectivity index (χ1n) is 5.41. The number of ether oxygens (including phenoxy) is 2. The van der Waals surface area contributed by atoms with Crippen molar-refractivity contribution >= 4 is 33.0 Å². The van der Waals surface area contributed by atoms with E-state index in [1.807, 2.05) is 18.2 Å². The number of thiophene rings is 1. The lowest BCUT2D eigenvalue weighted by molar-refractivity contribution is 0.394. The largest absolute Gasteiger partial charge is 0.497 e. The van der Waals surface area contributed by atoms with E-state index in [-0.39, 0.29) is 0 Å². The first-order valence-corrected chi connectivity index (χ1v) is 7.08. The summed E-state index contributed by atoms with van der Waals surface area (Å²) in [5, 5.41) is 5.47. The van der Waals surface area contributed by atoms with E-state index in [0.29, 0.717) is 0 Å². The molecule has 3 nitrogen and oxygen atoms in total. The maximum Gasteiger partial charge on any atom is 0.124 e. The Bertz CT molecular complexity index is 505. The summed E-state index contributed by atoms with van der Waals surface area (Å²) in [5.41, 5.74) is 2.22. The van der Waals surface area contributed by atoms with Crippen molar-refractivity contribution in [2.75, 3.05) is 19.5 Å². The van der Waals surface area contributed by atoms with Crippen molar-refractivity contribution in [1.82, 2.24) is 0 Å². The van der Waals surface area contributed by atoms with Crippen LogP contribution in [0.3, 0.4) is 0 Å². The Hall–Kier alpha value is -1.20. The van der Waals surface area contributed by atoms with Gasteiger partial charge in [0.1, 0.15) is 11.5 Å². The van der Waals surface area contributed by atoms with Crippen LogP contribution < -0.4 is 14.8 Å². The molecule has 0 aliphatic heterocycles. The fraction of sp³-hybridized carbons (Fsp3) is 0.231. The van der Waals surface area contributed by atoms with Crippen LogP contribution in [0.4, 0.5) is 5.69 Å². The highest BCUT2D eigenvalue weighted by atomic mass is 79.9. The van der Waals surface area contributed by atoms with Crippen molar-refractivity contribution in [1.29, 1.82) is 0 Å². The molecule has 0 saturated heterocycles. The summed E-state index contributed by atoms with van der Waals surface area (Å²) in [4.78, 5) is 0. The monoisotopic (exact) mass is 327 g/mol. The Morgan fingerprint density at radius 3 is 2.28 bits per heavy atom. The second kappa shape index (κ2) is 6.11. The first-order chi connectivity index (χ1) is 8.71. The highest BCUT2D eigenvalue weighted by Crippen LogP contribution is 2.27. The van der Waals surface area contributed by atoms with Crippen LogP contribution in [-0.4, -0.2) is 14.2 Å². The summed E-state index contributed by atoms with van der Waals surface area (Å²) in [6.07, 6.45) is 0. The maximum absolute atomic E-state index is 5.23. The molecule has 1 aromatic carbocycles. The van der Waals surface area contributed by atoms with Crippen LogP contribution in [0.2, 0.25) is 0 Å². The fourth-order valence-electron chi connectivity index (χ4n) is 1.55. The molecule has 0 aliphatic rings. The molecule has 1 aromatic heterocycles. The molecule has 0 bridgehead atoms. The lowest BCUT2D eigenvalue weighted by Gasteiger charge is -2.10. The summed E-state index contributed by atoms with van der Waals surface area (Å²) in [6.45, 7) is 0.776. The summed E-state index contributed by atoms with van der Waals surface area (Å²) in [6, 6.07) is 7.86. The summed E-state index contributed by atoms with van der Waals surface area (Å²) in [5.74, 6) is 1.56. The van der Waals surface area contributed by atoms with Gasteiger partial charge in [-0.25, -0.2) is 0 Å². The van der Waals surface area contributed by atoms with Gasteiger partial charge in [0.2, 0.25) is 0 Å². The number of anilines is 1. The quantitative estimate of drug-likeness (QED) is 0.895. The lowest BCUT2D eigenvalue weighted by Crippen LogP contribution is -1.99. The first kappa shape index (κ1) is 13.2. The number of nitrogens with one attached hydrogen (secondary N) is 1. The second-order valence-corrected chi connectivity index (χ2v) is 6.00. The molecular weight excluding hydrogens is 314 g/mol. The molecule has 0 amide bonds. The van der Waals surface area contributed by atoms with Crippen LogP contribution in [0, 0.1) is 0 Å². The predicted octanol–water partition coefficient (Wildman–Crippen LogP) is 4.14. The molecule has 0 fully saturated rings. The molecule has 0 atom stereocenters. The number of rotatable bonds is 5. The molecule has 0 spiro atoms. The van der Waals surface area contributed by atoms with Crippen LogP contribution >= 0.6 is 27.3 Å². The summed E-state index contributed by atoms with van der Waals surface area (Å²) in [7, 11) is 3.29. The van der Waals surface area contributed by atoms with Gasteiger partial charge < -0.3 is 14.8 Å². The average molecular weight is 328 g/mol. The van der Waals surface area contributed by atoms with Crippen LogP contribution in [0.5, 0.6) is 11.5 Å². The van der Waals surface area contributed by atoms with Crippen molar-refractivity contribution < 1.29 is 9.47 Å². The number of benzene rings is 1. The highest BCUT2D eigenvalue weighted by molar-refractivity contribution is 9.11. The van der Waals surface area contributed by atoms with E-state index in [1.54, 1.807) is 25.6 Å². The smallest absolute Gasteiger partial charge is 0.124 e. The van der Waals surface area contributed by atoms with Crippen LogP contribution in [-0.2, 0) is 6.54 Å². The number of halogens is 1. The third-order valence-corrected chi connectivity index (χ3v) is 4.02. The Morgan fingerprint density at radius 1 is 1.11 bits per heavy atom. The summed E-state index contributed by atoms with van der Waals surface area (Å²) < 4.78 is 11.6. The minimum Gasteiger partial charge on any atom is -0.497 e. The Balaban J connectivity index is 2.08. The molecule has 0 saturated carbocycles. The van der Waals surface area contributed by atoms with E-state index in [4.69, 9.17) is 9.47 Å². The Morgan fingerprint density at radius 2 is 1.78 bits per heavy atom. The SMILES string of the molecule is COc1cc(NCc2csc(Br)c2)cc(OC)c1. The maximum atomic E-state index is 5.23. The zero-order valence-electron chi connectivity index (χ0n) is 10.2. The minimum atomic E-state index is 0.776. The second-order valence-electron chi connectivity index (χ2n) is 3.71. The fourth-order valence-corrected chi connectivity index (χ4v) is 2.76. The predicted molar refractivity (Wildman–Crippen MR) is 78.9 cm³/mol. The standard InChI is InChI=1S/C13H14BrNO2S/c1-16-11-4-10(5-12(6-11)17-2)15-7-9-3-13(14)18-8-9/h3-6,8,15H,7H2,1-2H3. The van der Waals surface area contributed by atoms with Gasteiger partial charge in [-0.3, -0.25) is 0 Å². The van der Waals surface area contributed by atoms with E-state index in [0.717, 1.165) is 27.5 Å². The number of methoxy groups -OCH3 is 2. The van der Waals surface area contributed by atoms with Crippen molar-refractivity contribution in [3.05, 3.63) is 39.0 Å². The zero-order chi connectivity index (χ0) is 13.0. The van der Waals surface area contributed by atoms with Gasteiger partial charge in [-0.15, -0.1) is 11.3 Å². The van der Waals surface area contributed by atoms with Crippen molar-refractivity contribution in [2.24, 2.45) is 0 Å². The van der Waals surface area contributed by atoms with Crippen LogP contribution in [0.25, 0.3) is 0 Å². The molecule has 2 rings (SSSR count). The van der Waals surface area contributed by atoms with Gasteiger partial charge >= 0.3 is 0 Å². The summed E-state index contributed by atoms with van der Waals surface area (Å²) >= 11 is 5.14. The topological polar surface area (TPSA) is 30.5 Å². The van der Waals surface area contributed by atoms with E-state index >= 15 is 0 Å². The third-order valence-electron chi connectivity index (χ3n) is 2.47. The normalized spacial score (nSPS) is 10.2. The molecule has 1 N–H and O–H groups in total. The van der Waals surface area contributed by atoms with Crippen molar-refractivity contribution in [2.45, 2.75) is 6.54 Å². The Labute approximate surface area is 119 Å². The molecule has 5 heteroatoms. The van der Waals surface area contributed by atoms with E-state index in [9.17, 15) is 0 Å². The zero-order valence-corrected chi connectivity index (χ0v) is 12.6. The van der Waals surface area contributed by atoms with Gasteiger partial charge in [0.15, 0.2) is 0 Å². The Kier molecular flexibility index (Phi) is 4.49. The van der Waals surface area contributed by atoms with Gasteiger partial charge in [0.25, 0.3) is 0 Å². The number of hydrogen-bond donors (Lipinski definition) is 1. The number of hydrogen-bond acceptors (Lipinski definition) is 4. The van der Waals surface area contributed by atoms with Gasteiger partial charge in [-0.2, -0.15) is 0 Å². The van der Waals surface area contributed by atoms with Gasteiger partial charge in [0, 0.05) is 30.4 Å². The molecule has 0 unspecified atom stereocenters. The molecule has 18 heavy (non-hydrogen) atoms. The molecule has 1 heterocycles. The van der Waals surface area contributed by atoms with Crippen LogP contribution in [0.15, 0.2) is 33.4 Å². The van der Waals surface area contributed by atoms with E-state index in [2.05, 4.69) is 32.7 Å². The van der Waals surface area contributed by atoms with Gasteiger partial charge in [-0.1, -0.05) is 0 Å². The molecule has 2 aromatic rings. The van der Waals surface area contributed by atoms with Crippen molar-refractivity contribution in [3.8, 4) is 11.5 Å². The minimum absolute atomic E-state index is 0.776. The van der Waals surface area contributed by atoms with E-state index in [1.165, 1.54) is 5.56 Å². The van der Waals surface area contributed by atoms with E-state index < -0.39 is 0 Å². The average Bonchev–Trinajstić information content (AvgIpc) is 2.81. The third kappa shape index (κ3) is 3.40. The van der Waals surface area contributed by atoms with Gasteiger partial charge in [0.05, 0.1) is 18.0 Å². The van der Waals surface area contributed by atoms with Crippen molar-refractivity contribution in [3.63, 3.8) is 0 Å². The van der Waals surface area contributed by atoms with Gasteiger partial charge in [-0.05, 0) is 32.9 Å². The molecular formula is C13H14BrNO2S. The lowest BCUT2D eigenvalue weighted by atomic mass is 10.2. The van der Waals surface area contributed by atoms with Crippen LogP contribution in [0.1, 0.15) is 5.56 Å². The molecule has 0 radical (unpaired) electrons.